The maximum atomic E-state index is 11.6. The number of allylic oxidation sites excluding steroid dienone is 1. The summed E-state index contributed by atoms with van der Waals surface area (Å²) in [6.07, 6.45) is 6.48. The average molecular weight is 435 g/mol. The second kappa shape index (κ2) is 9.16. The van der Waals surface area contributed by atoms with Gasteiger partial charge in [-0.3, -0.25) is 4.90 Å². The summed E-state index contributed by atoms with van der Waals surface area (Å²) in [5, 5.41) is 3.52. The molecule has 7 heteroatoms. The van der Waals surface area contributed by atoms with E-state index in [1.807, 2.05) is 17.4 Å². The molecular weight excluding hydrogens is 404 g/mol. The Bertz CT molecular complexity index is 959. The summed E-state index contributed by atoms with van der Waals surface area (Å²) in [7, 11) is -3.03. The fraction of sp³-hybridized carbons (Fsp3) is 0.545. The monoisotopic (exact) mass is 434 g/mol. The van der Waals surface area contributed by atoms with Gasteiger partial charge in [0.25, 0.3) is 0 Å². The van der Waals surface area contributed by atoms with Gasteiger partial charge in [-0.2, -0.15) is 0 Å². The summed E-state index contributed by atoms with van der Waals surface area (Å²) in [4.78, 5) is 5.62. The van der Waals surface area contributed by atoms with Crippen molar-refractivity contribution < 1.29 is 13.2 Å². The molecule has 0 N–H and O–H groups in total. The number of thiophene rings is 1. The van der Waals surface area contributed by atoms with Crippen molar-refractivity contribution in [2.24, 2.45) is 0 Å². The van der Waals surface area contributed by atoms with Gasteiger partial charge in [0.1, 0.15) is 0 Å². The molecule has 2 heterocycles. The van der Waals surface area contributed by atoms with E-state index in [1.54, 1.807) is 0 Å². The summed E-state index contributed by atoms with van der Waals surface area (Å²) in [6, 6.07) is 8.79. The van der Waals surface area contributed by atoms with E-state index in [4.69, 9.17) is 4.74 Å². The molecule has 0 saturated carbocycles. The zero-order valence-corrected chi connectivity index (χ0v) is 18.7. The van der Waals surface area contributed by atoms with Crippen LogP contribution in [0.25, 0.3) is 10.1 Å². The highest BCUT2D eigenvalue weighted by atomic mass is 32.2. The van der Waals surface area contributed by atoms with Gasteiger partial charge in [-0.1, -0.05) is 18.2 Å². The molecule has 1 fully saturated rings. The number of benzene rings is 1. The van der Waals surface area contributed by atoms with Crippen LogP contribution in [0.3, 0.4) is 0 Å². The summed E-state index contributed by atoms with van der Waals surface area (Å²) in [5.74, 6) is 0. The first-order chi connectivity index (χ1) is 14.0. The van der Waals surface area contributed by atoms with E-state index in [9.17, 15) is 8.42 Å². The Labute approximate surface area is 177 Å². The molecule has 1 aromatic heterocycles. The van der Waals surface area contributed by atoms with Crippen molar-refractivity contribution in [1.29, 1.82) is 0 Å². The topological polar surface area (TPSA) is 49.9 Å². The van der Waals surface area contributed by atoms with Crippen molar-refractivity contribution in [2.75, 3.05) is 50.5 Å². The molecule has 2 aromatic rings. The summed E-state index contributed by atoms with van der Waals surface area (Å²) in [5.41, 5.74) is 1.37. The largest absolute Gasteiger partial charge is 0.378 e. The van der Waals surface area contributed by atoms with E-state index in [0.29, 0.717) is 11.3 Å². The number of anilines is 1. The van der Waals surface area contributed by atoms with Gasteiger partial charge >= 0.3 is 0 Å². The lowest BCUT2D eigenvalue weighted by Gasteiger charge is -2.36. The molecule has 0 radical (unpaired) electrons. The van der Waals surface area contributed by atoms with Crippen LogP contribution in [-0.2, 0) is 14.6 Å². The molecule has 29 heavy (non-hydrogen) atoms. The van der Waals surface area contributed by atoms with Crippen molar-refractivity contribution in [2.45, 2.75) is 31.8 Å². The van der Waals surface area contributed by atoms with E-state index in [1.165, 1.54) is 22.0 Å². The molecule has 1 saturated heterocycles. The highest BCUT2D eigenvalue weighted by Gasteiger charge is 2.21. The van der Waals surface area contributed by atoms with Crippen molar-refractivity contribution in [3.05, 3.63) is 40.6 Å². The average Bonchev–Trinajstić information content (AvgIpc) is 3.20. The van der Waals surface area contributed by atoms with Crippen LogP contribution in [0.4, 0.5) is 5.69 Å². The van der Waals surface area contributed by atoms with Gasteiger partial charge in [0.15, 0.2) is 9.84 Å². The van der Waals surface area contributed by atoms with Gasteiger partial charge < -0.3 is 9.64 Å². The number of sulfone groups is 1. The number of hydrogen-bond acceptors (Lipinski definition) is 6. The van der Waals surface area contributed by atoms with Gasteiger partial charge in [0.05, 0.1) is 16.5 Å². The molecule has 2 aliphatic rings. The molecule has 0 bridgehead atoms. The molecule has 0 amide bonds. The lowest BCUT2D eigenvalue weighted by atomic mass is 10.0. The van der Waals surface area contributed by atoms with Crippen LogP contribution < -0.4 is 4.90 Å². The summed E-state index contributed by atoms with van der Waals surface area (Å²) in [6.45, 7) is 6.13. The number of nitrogens with zero attached hydrogens (tertiary/aromatic N) is 2. The molecule has 1 aliphatic heterocycles. The second-order valence-electron chi connectivity index (χ2n) is 8.01. The quantitative estimate of drug-likeness (QED) is 0.619. The Hall–Kier alpha value is -1.41. The van der Waals surface area contributed by atoms with Gasteiger partial charge in [-0.15, -0.1) is 11.3 Å². The molecule has 0 spiro atoms. The molecule has 1 atom stereocenters. The predicted octanol–water partition coefficient (Wildman–Crippen LogP) is 3.91. The first-order valence-electron chi connectivity index (χ1n) is 10.4. The highest BCUT2D eigenvalue weighted by Crippen LogP contribution is 2.32. The van der Waals surface area contributed by atoms with Gasteiger partial charge in [0, 0.05) is 50.5 Å². The zero-order valence-electron chi connectivity index (χ0n) is 17.0. The minimum atomic E-state index is -3.03. The van der Waals surface area contributed by atoms with Crippen molar-refractivity contribution in [3.8, 4) is 0 Å². The Kier molecular flexibility index (Phi) is 6.59. The zero-order chi connectivity index (χ0) is 20.3. The maximum Gasteiger partial charge on any atom is 0.171 e. The second-order valence-corrected chi connectivity index (χ2v) is 11.0. The molecule has 158 valence electrons. The third kappa shape index (κ3) is 5.20. The Morgan fingerprint density at radius 2 is 2.00 bits per heavy atom. The molecule has 1 aromatic carbocycles. The van der Waals surface area contributed by atoms with Crippen LogP contribution >= 0.6 is 11.3 Å². The van der Waals surface area contributed by atoms with Crippen LogP contribution in [0.5, 0.6) is 0 Å². The van der Waals surface area contributed by atoms with Crippen molar-refractivity contribution in [1.82, 2.24) is 4.90 Å². The van der Waals surface area contributed by atoms with E-state index in [-0.39, 0.29) is 6.10 Å². The van der Waals surface area contributed by atoms with Crippen LogP contribution in [0.15, 0.2) is 40.6 Å². The highest BCUT2D eigenvalue weighted by molar-refractivity contribution is 7.94. The maximum absolute atomic E-state index is 11.6. The number of piperazine rings is 1. The molecule has 1 aliphatic carbocycles. The summed E-state index contributed by atoms with van der Waals surface area (Å²) < 4.78 is 30.5. The number of ether oxygens (including phenoxy) is 1. The van der Waals surface area contributed by atoms with Crippen LogP contribution in [0.1, 0.15) is 25.7 Å². The fourth-order valence-electron chi connectivity index (χ4n) is 4.25. The van der Waals surface area contributed by atoms with Gasteiger partial charge in [-0.05, 0) is 48.6 Å². The number of hydrogen-bond donors (Lipinski definition) is 0. The van der Waals surface area contributed by atoms with E-state index < -0.39 is 9.84 Å². The van der Waals surface area contributed by atoms with Crippen LogP contribution in [0.2, 0.25) is 0 Å². The third-order valence-electron chi connectivity index (χ3n) is 5.94. The summed E-state index contributed by atoms with van der Waals surface area (Å²) >= 11 is 1.83. The van der Waals surface area contributed by atoms with Crippen molar-refractivity contribution in [3.63, 3.8) is 0 Å². The molecule has 1 unspecified atom stereocenters. The Morgan fingerprint density at radius 1 is 1.17 bits per heavy atom. The minimum Gasteiger partial charge on any atom is -0.378 e. The smallest absolute Gasteiger partial charge is 0.171 e. The predicted molar refractivity (Wildman–Crippen MR) is 122 cm³/mol. The Morgan fingerprint density at radius 3 is 2.72 bits per heavy atom. The minimum absolute atomic E-state index is 0.170. The lowest BCUT2D eigenvalue weighted by molar-refractivity contribution is 0.0408. The molecular formula is C22H30N2O3S2. The Balaban J connectivity index is 1.17. The lowest BCUT2D eigenvalue weighted by Crippen LogP contribution is -2.46. The van der Waals surface area contributed by atoms with E-state index >= 15 is 0 Å². The number of fused-ring (bicyclic) bond motifs is 1. The van der Waals surface area contributed by atoms with E-state index in [0.717, 1.165) is 58.6 Å². The van der Waals surface area contributed by atoms with Crippen molar-refractivity contribution >= 4 is 36.9 Å². The first kappa shape index (κ1) is 20.8. The number of rotatable bonds is 7. The molecule has 4 rings (SSSR count). The van der Waals surface area contributed by atoms with Crippen LogP contribution in [-0.4, -0.2) is 65.0 Å². The normalized spacial score (nSPS) is 21.5. The SMILES string of the molecule is CS(=O)(=O)C1=CCC(OCCCN2CCN(c3cccc4ccsc34)CC2)CC1. The molecule has 5 nitrogen and oxygen atoms in total. The van der Waals surface area contributed by atoms with Gasteiger partial charge in [-0.25, -0.2) is 8.42 Å². The first-order valence-corrected chi connectivity index (χ1v) is 13.2. The van der Waals surface area contributed by atoms with Gasteiger partial charge in [0.2, 0.25) is 0 Å². The third-order valence-corrected chi connectivity index (χ3v) is 8.22. The fourth-order valence-corrected chi connectivity index (χ4v) is 6.08. The van der Waals surface area contributed by atoms with E-state index in [2.05, 4.69) is 39.4 Å². The standard InChI is InChI=1S/C22H30N2O3S2/c1-29(25,26)20-8-6-19(7-9-20)27-16-3-11-23-12-14-24(15-13-23)21-5-2-4-18-10-17-28-22(18)21/h2,4-5,8,10,17,19H,3,6-7,9,11-16H2,1H3. The van der Waals surface area contributed by atoms with Crippen LogP contribution in [0, 0.1) is 0 Å².